The molecule has 0 fully saturated rings. The molecule has 0 radical (unpaired) electrons. The number of hydrogen-bond acceptors (Lipinski definition) is 7. The Morgan fingerprint density at radius 3 is 2.73 bits per heavy atom. The van der Waals surface area contributed by atoms with Crippen LogP contribution in [0.25, 0.3) is 11.5 Å². The molecule has 0 aliphatic rings. The van der Waals surface area contributed by atoms with Gasteiger partial charge in [-0.05, 0) is 13.8 Å². The maximum atomic E-state index is 10.8. The zero-order valence-corrected chi connectivity index (χ0v) is 12.2. The van der Waals surface area contributed by atoms with Gasteiger partial charge < -0.3 is 4.42 Å². The van der Waals surface area contributed by atoms with Crippen molar-refractivity contribution in [1.82, 2.24) is 29.8 Å². The highest BCUT2D eigenvalue weighted by Gasteiger charge is 2.19. The molecule has 10 heteroatoms. The standard InChI is InChI=1S/C12H13N7O3/c1-7-9(5-17(3)16-7)12-15-14-11(22-12)6-18-8(2)10(4-13-18)19(20)21/h4-5H,6H2,1-3H3. The van der Waals surface area contributed by atoms with Crippen molar-refractivity contribution in [2.75, 3.05) is 0 Å². The van der Waals surface area contributed by atoms with E-state index >= 15 is 0 Å². The molecule has 10 nitrogen and oxygen atoms in total. The van der Waals surface area contributed by atoms with Gasteiger partial charge in [-0.25, -0.2) is 0 Å². The quantitative estimate of drug-likeness (QED) is 0.525. The molecule has 22 heavy (non-hydrogen) atoms. The summed E-state index contributed by atoms with van der Waals surface area (Å²) in [7, 11) is 1.81. The van der Waals surface area contributed by atoms with Crippen molar-refractivity contribution in [3.63, 3.8) is 0 Å². The monoisotopic (exact) mass is 303 g/mol. The van der Waals surface area contributed by atoms with E-state index in [-0.39, 0.29) is 12.2 Å². The van der Waals surface area contributed by atoms with Crippen LogP contribution in [0, 0.1) is 24.0 Å². The van der Waals surface area contributed by atoms with Gasteiger partial charge >= 0.3 is 5.69 Å². The van der Waals surface area contributed by atoms with Crippen molar-refractivity contribution < 1.29 is 9.34 Å². The molecule has 0 N–H and O–H groups in total. The fraction of sp³-hybridized carbons (Fsp3) is 0.333. The van der Waals surface area contributed by atoms with Crippen LogP contribution >= 0.6 is 0 Å². The molecule has 3 aromatic rings. The Hall–Kier alpha value is -3.04. The Morgan fingerprint density at radius 2 is 2.14 bits per heavy atom. The maximum Gasteiger partial charge on any atom is 0.309 e. The average molecular weight is 303 g/mol. The summed E-state index contributed by atoms with van der Waals surface area (Å²) in [5.74, 6) is 0.680. The van der Waals surface area contributed by atoms with Crippen molar-refractivity contribution in [3.8, 4) is 11.5 Å². The maximum absolute atomic E-state index is 10.8. The summed E-state index contributed by atoms with van der Waals surface area (Å²) in [6.07, 6.45) is 2.99. The zero-order valence-electron chi connectivity index (χ0n) is 12.2. The molecule has 0 amide bonds. The second-order valence-electron chi connectivity index (χ2n) is 4.83. The highest BCUT2D eigenvalue weighted by atomic mass is 16.6. The number of aryl methyl sites for hydroxylation is 2. The molecular formula is C12H13N7O3. The predicted molar refractivity (Wildman–Crippen MR) is 74.0 cm³/mol. The van der Waals surface area contributed by atoms with Crippen molar-refractivity contribution in [2.24, 2.45) is 7.05 Å². The lowest BCUT2D eigenvalue weighted by Crippen LogP contribution is -2.04. The van der Waals surface area contributed by atoms with Crippen LogP contribution in [-0.2, 0) is 13.6 Å². The van der Waals surface area contributed by atoms with Crippen LogP contribution in [0.15, 0.2) is 16.8 Å². The van der Waals surface area contributed by atoms with Crippen LogP contribution in [0.3, 0.4) is 0 Å². The number of rotatable bonds is 4. The topological polar surface area (TPSA) is 118 Å². The van der Waals surface area contributed by atoms with Crippen molar-refractivity contribution in [3.05, 3.63) is 39.8 Å². The van der Waals surface area contributed by atoms with Crippen LogP contribution in [0.2, 0.25) is 0 Å². The molecule has 3 rings (SSSR count). The van der Waals surface area contributed by atoms with E-state index in [1.54, 1.807) is 24.9 Å². The van der Waals surface area contributed by atoms with E-state index < -0.39 is 4.92 Å². The van der Waals surface area contributed by atoms with Gasteiger partial charge in [0, 0.05) is 13.2 Å². The smallest absolute Gasteiger partial charge is 0.309 e. The van der Waals surface area contributed by atoms with Crippen LogP contribution in [0.4, 0.5) is 5.69 Å². The predicted octanol–water partition coefficient (Wildman–Crippen LogP) is 1.24. The van der Waals surface area contributed by atoms with Crippen molar-refractivity contribution in [1.29, 1.82) is 0 Å². The summed E-state index contributed by atoms with van der Waals surface area (Å²) >= 11 is 0. The van der Waals surface area contributed by atoms with Crippen LogP contribution in [0.1, 0.15) is 17.3 Å². The Bertz CT molecular complexity index is 845. The minimum Gasteiger partial charge on any atom is -0.419 e. The normalized spacial score (nSPS) is 11.0. The molecule has 0 unspecified atom stereocenters. The number of hydrogen-bond donors (Lipinski definition) is 0. The number of nitro groups is 1. The third kappa shape index (κ3) is 2.34. The minimum atomic E-state index is -0.475. The van der Waals surface area contributed by atoms with Gasteiger partial charge in [-0.3, -0.25) is 19.5 Å². The molecule has 0 aromatic carbocycles. The fourth-order valence-electron chi connectivity index (χ4n) is 2.14. The molecule has 0 bridgehead atoms. The Morgan fingerprint density at radius 1 is 1.36 bits per heavy atom. The van der Waals surface area contributed by atoms with Gasteiger partial charge in [0.25, 0.3) is 5.89 Å². The van der Waals surface area contributed by atoms with Gasteiger partial charge in [-0.15, -0.1) is 10.2 Å². The molecule has 0 spiro atoms. The fourth-order valence-corrected chi connectivity index (χ4v) is 2.14. The third-order valence-corrected chi connectivity index (χ3v) is 3.27. The van der Waals surface area contributed by atoms with Crippen LogP contribution < -0.4 is 0 Å². The van der Waals surface area contributed by atoms with Crippen molar-refractivity contribution >= 4 is 5.69 Å². The van der Waals surface area contributed by atoms with Gasteiger partial charge in [0.1, 0.15) is 18.4 Å². The van der Waals surface area contributed by atoms with Gasteiger partial charge in [0.05, 0.1) is 16.2 Å². The molecule has 0 aliphatic carbocycles. The summed E-state index contributed by atoms with van der Waals surface area (Å²) in [6.45, 7) is 3.64. The molecule has 0 atom stereocenters. The average Bonchev–Trinajstić information content (AvgIpc) is 3.11. The van der Waals surface area contributed by atoms with E-state index in [1.807, 2.05) is 6.92 Å². The summed E-state index contributed by atoms with van der Waals surface area (Å²) in [5.41, 5.74) is 1.93. The van der Waals surface area contributed by atoms with Gasteiger partial charge in [-0.2, -0.15) is 10.2 Å². The lowest BCUT2D eigenvalue weighted by atomic mass is 10.3. The van der Waals surface area contributed by atoms with Gasteiger partial charge in [-0.1, -0.05) is 0 Å². The zero-order chi connectivity index (χ0) is 15.9. The lowest BCUT2D eigenvalue weighted by molar-refractivity contribution is -0.385. The van der Waals surface area contributed by atoms with Crippen LogP contribution in [-0.4, -0.2) is 34.7 Å². The summed E-state index contributed by atoms with van der Waals surface area (Å²) in [5, 5.41) is 26.9. The highest BCUT2D eigenvalue weighted by molar-refractivity contribution is 5.54. The molecule has 0 aliphatic heterocycles. The first-order valence-corrected chi connectivity index (χ1v) is 6.45. The first-order chi connectivity index (χ1) is 10.5. The van der Waals surface area contributed by atoms with Gasteiger partial charge in [0.2, 0.25) is 5.89 Å². The Labute approximate surface area is 124 Å². The van der Waals surface area contributed by atoms with E-state index in [2.05, 4.69) is 20.4 Å². The molecule has 0 saturated carbocycles. The number of nitrogens with zero attached hydrogens (tertiary/aromatic N) is 7. The summed E-state index contributed by atoms with van der Waals surface area (Å²) in [4.78, 5) is 10.3. The molecule has 0 saturated heterocycles. The third-order valence-electron chi connectivity index (χ3n) is 3.27. The first kappa shape index (κ1) is 13.9. The van der Waals surface area contributed by atoms with Gasteiger partial charge in [0.15, 0.2) is 0 Å². The molecule has 114 valence electrons. The molecule has 3 aromatic heterocycles. The highest BCUT2D eigenvalue weighted by Crippen LogP contribution is 2.22. The van der Waals surface area contributed by atoms with Crippen LogP contribution in [0.5, 0.6) is 0 Å². The second kappa shape index (κ2) is 5.06. The number of aromatic nitrogens is 6. The largest absolute Gasteiger partial charge is 0.419 e. The molecule has 3 heterocycles. The summed E-state index contributed by atoms with van der Waals surface area (Å²) in [6, 6.07) is 0. The Balaban J connectivity index is 1.86. The summed E-state index contributed by atoms with van der Waals surface area (Å²) < 4.78 is 8.70. The Kier molecular flexibility index (Phi) is 3.20. The SMILES string of the molecule is Cc1nn(C)cc1-c1nnc(Cn2ncc([N+](=O)[O-])c2C)o1. The van der Waals surface area contributed by atoms with E-state index in [9.17, 15) is 10.1 Å². The van der Waals surface area contributed by atoms with E-state index in [0.717, 1.165) is 11.3 Å². The first-order valence-electron chi connectivity index (χ1n) is 6.45. The minimum absolute atomic E-state index is 0.0390. The van der Waals surface area contributed by atoms with E-state index in [1.165, 1.54) is 10.9 Å². The second-order valence-corrected chi connectivity index (χ2v) is 4.83. The molecular weight excluding hydrogens is 290 g/mol. The van der Waals surface area contributed by atoms with E-state index in [0.29, 0.717) is 17.5 Å². The van der Waals surface area contributed by atoms with E-state index in [4.69, 9.17) is 4.42 Å². The van der Waals surface area contributed by atoms with Crippen molar-refractivity contribution in [2.45, 2.75) is 20.4 Å². The lowest BCUT2D eigenvalue weighted by Gasteiger charge is -1.98.